The Labute approximate surface area is 147 Å². The van der Waals surface area contributed by atoms with Crippen LogP contribution in [0.4, 0.5) is 5.69 Å². The van der Waals surface area contributed by atoms with Gasteiger partial charge in [0.1, 0.15) is 11.5 Å². The van der Waals surface area contributed by atoms with E-state index >= 15 is 0 Å². The molecule has 2 aromatic rings. The second-order valence-electron chi connectivity index (χ2n) is 5.85. The van der Waals surface area contributed by atoms with Gasteiger partial charge < -0.3 is 10.1 Å². The fourth-order valence-electron chi connectivity index (χ4n) is 2.67. The second kappa shape index (κ2) is 8.02. The summed E-state index contributed by atoms with van der Waals surface area (Å²) in [5.41, 5.74) is 1.81. The molecule has 4 heteroatoms. The molecule has 0 spiro atoms. The highest BCUT2D eigenvalue weighted by molar-refractivity contribution is 6.32. The van der Waals surface area contributed by atoms with Gasteiger partial charge in [-0.15, -0.1) is 0 Å². The van der Waals surface area contributed by atoms with Crippen LogP contribution in [0.5, 0.6) is 11.5 Å². The van der Waals surface area contributed by atoms with Crippen LogP contribution in [0.25, 0.3) is 0 Å². The number of ether oxygens (including phenoxy) is 1. The number of rotatable bonds is 4. The van der Waals surface area contributed by atoms with E-state index in [1.54, 1.807) is 6.07 Å². The van der Waals surface area contributed by atoms with Gasteiger partial charge in [-0.1, -0.05) is 30.2 Å². The summed E-state index contributed by atoms with van der Waals surface area (Å²) in [5, 5.41) is 3.79. The van der Waals surface area contributed by atoms with Crippen LogP contribution in [-0.2, 0) is 4.79 Å². The first-order chi connectivity index (χ1) is 11.7. The molecule has 0 aliphatic heterocycles. The molecule has 2 aromatic carbocycles. The first-order valence-corrected chi connectivity index (χ1v) is 8.61. The average Bonchev–Trinajstić information content (AvgIpc) is 2.81. The molecule has 1 saturated carbocycles. The molecular formula is C20H20ClNO2. The van der Waals surface area contributed by atoms with Crippen LogP contribution < -0.4 is 10.1 Å². The number of para-hydroxylation sites is 1. The molecule has 0 saturated heterocycles. The van der Waals surface area contributed by atoms with Crippen molar-refractivity contribution in [2.45, 2.75) is 32.1 Å². The van der Waals surface area contributed by atoms with Gasteiger partial charge in [-0.25, -0.2) is 0 Å². The molecule has 0 amide bonds. The molecule has 1 aliphatic carbocycles. The van der Waals surface area contributed by atoms with E-state index in [0.717, 1.165) is 36.9 Å². The highest BCUT2D eigenvalue weighted by Gasteiger charge is 2.12. The van der Waals surface area contributed by atoms with E-state index in [2.05, 4.69) is 5.32 Å². The summed E-state index contributed by atoms with van der Waals surface area (Å²) in [6, 6.07) is 15.0. The third-order valence-electron chi connectivity index (χ3n) is 4.04. The lowest BCUT2D eigenvalue weighted by Gasteiger charge is -2.09. The number of carbonyl (C=O) groups is 1. The number of hydrogen-bond acceptors (Lipinski definition) is 3. The van der Waals surface area contributed by atoms with Crippen molar-refractivity contribution in [1.82, 2.24) is 0 Å². The Kier molecular flexibility index (Phi) is 5.55. The number of allylic oxidation sites excluding steroid dienone is 1. The number of anilines is 1. The number of ketones is 1. The Morgan fingerprint density at radius 1 is 0.958 bits per heavy atom. The van der Waals surface area contributed by atoms with Crippen molar-refractivity contribution in [2.24, 2.45) is 0 Å². The predicted octanol–water partition coefficient (Wildman–Crippen LogP) is 5.96. The van der Waals surface area contributed by atoms with Gasteiger partial charge in [-0.3, -0.25) is 4.79 Å². The first-order valence-electron chi connectivity index (χ1n) is 8.23. The summed E-state index contributed by atoms with van der Waals surface area (Å²) in [4.78, 5) is 12.0. The van der Waals surface area contributed by atoms with E-state index in [9.17, 15) is 4.79 Å². The molecule has 1 fully saturated rings. The van der Waals surface area contributed by atoms with Gasteiger partial charge in [-0.05, 0) is 55.7 Å². The Balaban J connectivity index is 1.64. The normalized spacial score (nSPS) is 16.7. The van der Waals surface area contributed by atoms with E-state index in [1.807, 2.05) is 48.7 Å². The molecule has 1 aliphatic rings. The van der Waals surface area contributed by atoms with E-state index in [1.165, 1.54) is 0 Å². The van der Waals surface area contributed by atoms with Gasteiger partial charge in [0, 0.05) is 23.9 Å². The molecule has 24 heavy (non-hydrogen) atoms. The number of benzene rings is 2. The molecule has 1 N–H and O–H groups in total. The fourth-order valence-corrected chi connectivity index (χ4v) is 2.85. The van der Waals surface area contributed by atoms with E-state index < -0.39 is 0 Å². The van der Waals surface area contributed by atoms with Gasteiger partial charge in [0.25, 0.3) is 0 Å². The van der Waals surface area contributed by atoms with Crippen LogP contribution in [0.2, 0.25) is 5.02 Å². The first kappa shape index (κ1) is 16.6. The fraction of sp³-hybridized carbons (Fsp3) is 0.250. The largest absolute Gasteiger partial charge is 0.456 e. The summed E-state index contributed by atoms with van der Waals surface area (Å²) in [6.45, 7) is 0. The van der Waals surface area contributed by atoms with Crippen molar-refractivity contribution < 1.29 is 9.53 Å². The summed E-state index contributed by atoms with van der Waals surface area (Å²) in [5.74, 6) is 1.61. The third-order valence-corrected chi connectivity index (χ3v) is 4.35. The Hall–Kier alpha value is -2.26. The Bertz CT molecular complexity index is 738. The zero-order valence-electron chi connectivity index (χ0n) is 13.4. The maximum absolute atomic E-state index is 12.0. The zero-order valence-corrected chi connectivity index (χ0v) is 14.2. The Morgan fingerprint density at radius 2 is 1.71 bits per heavy atom. The topological polar surface area (TPSA) is 38.3 Å². The quantitative estimate of drug-likeness (QED) is 0.550. The smallest absolute Gasteiger partial charge is 0.160 e. The minimum atomic E-state index is 0.263. The summed E-state index contributed by atoms with van der Waals surface area (Å²) >= 11 is 6.09. The molecule has 0 bridgehead atoms. The lowest BCUT2D eigenvalue weighted by Crippen LogP contribution is -2.02. The van der Waals surface area contributed by atoms with E-state index in [4.69, 9.17) is 16.3 Å². The van der Waals surface area contributed by atoms with Crippen LogP contribution in [-0.4, -0.2) is 5.78 Å². The van der Waals surface area contributed by atoms with Crippen LogP contribution in [0, 0.1) is 0 Å². The molecule has 0 radical (unpaired) electrons. The second-order valence-corrected chi connectivity index (χ2v) is 6.26. The molecule has 3 nitrogen and oxygen atoms in total. The maximum Gasteiger partial charge on any atom is 0.160 e. The van der Waals surface area contributed by atoms with Gasteiger partial charge in [0.15, 0.2) is 5.78 Å². The summed E-state index contributed by atoms with van der Waals surface area (Å²) < 4.78 is 5.76. The SMILES string of the molecule is O=C1CCCCCC1=CNc1ccc(Oc2ccccc2Cl)cc1. The molecule has 0 heterocycles. The highest BCUT2D eigenvalue weighted by atomic mass is 35.5. The zero-order chi connectivity index (χ0) is 16.8. The molecular weight excluding hydrogens is 322 g/mol. The van der Waals surface area contributed by atoms with Gasteiger partial charge in [0.05, 0.1) is 5.02 Å². The number of carbonyl (C=O) groups excluding carboxylic acids is 1. The van der Waals surface area contributed by atoms with Crippen LogP contribution in [0.3, 0.4) is 0 Å². The van der Waals surface area contributed by atoms with Gasteiger partial charge in [-0.2, -0.15) is 0 Å². The third kappa shape index (κ3) is 4.39. The van der Waals surface area contributed by atoms with Crippen LogP contribution in [0.1, 0.15) is 32.1 Å². The van der Waals surface area contributed by atoms with E-state index in [-0.39, 0.29) is 5.78 Å². The minimum Gasteiger partial charge on any atom is -0.456 e. The van der Waals surface area contributed by atoms with Crippen molar-refractivity contribution in [3.63, 3.8) is 0 Å². The highest BCUT2D eigenvalue weighted by Crippen LogP contribution is 2.29. The van der Waals surface area contributed by atoms with Crippen molar-refractivity contribution >= 4 is 23.1 Å². The van der Waals surface area contributed by atoms with Crippen molar-refractivity contribution in [3.05, 3.63) is 65.3 Å². The Morgan fingerprint density at radius 3 is 2.50 bits per heavy atom. The molecule has 0 atom stereocenters. The molecule has 124 valence electrons. The standard InChI is InChI=1S/C20H20ClNO2/c21-18-7-4-5-9-20(18)24-17-12-10-16(11-13-17)22-14-15-6-2-1-3-8-19(15)23/h4-5,7,9-14,22H,1-3,6,8H2. The maximum atomic E-state index is 12.0. The van der Waals surface area contributed by atoms with Crippen molar-refractivity contribution in [3.8, 4) is 11.5 Å². The number of halogens is 1. The molecule has 0 aromatic heterocycles. The van der Waals surface area contributed by atoms with E-state index in [0.29, 0.717) is 22.9 Å². The van der Waals surface area contributed by atoms with Gasteiger partial charge in [0.2, 0.25) is 0 Å². The average molecular weight is 342 g/mol. The number of hydrogen-bond donors (Lipinski definition) is 1. The number of nitrogens with one attached hydrogen (secondary N) is 1. The summed E-state index contributed by atoms with van der Waals surface area (Å²) in [7, 11) is 0. The lowest BCUT2D eigenvalue weighted by molar-refractivity contribution is -0.115. The summed E-state index contributed by atoms with van der Waals surface area (Å²) in [6.07, 6.45) is 6.60. The monoisotopic (exact) mass is 341 g/mol. The predicted molar refractivity (Wildman–Crippen MR) is 97.8 cm³/mol. The minimum absolute atomic E-state index is 0.263. The van der Waals surface area contributed by atoms with Crippen LogP contribution >= 0.6 is 11.6 Å². The van der Waals surface area contributed by atoms with Crippen molar-refractivity contribution in [1.29, 1.82) is 0 Å². The molecule has 0 unspecified atom stereocenters. The lowest BCUT2D eigenvalue weighted by atomic mass is 10.1. The van der Waals surface area contributed by atoms with Gasteiger partial charge >= 0.3 is 0 Å². The van der Waals surface area contributed by atoms with Crippen LogP contribution in [0.15, 0.2) is 60.3 Å². The van der Waals surface area contributed by atoms with Crippen molar-refractivity contribution in [2.75, 3.05) is 5.32 Å². The molecule has 3 rings (SSSR count). The number of Topliss-reactive ketones (excluding diaryl/α,β-unsaturated/α-hetero) is 1.